The van der Waals surface area contributed by atoms with Crippen molar-refractivity contribution in [1.82, 2.24) is 4.90 Å². The molecule has 19 heavy (non-hydrogen) atoms. The number of benzene rings is 1. The Balaban J connectivity index is 1.96. The molecule has 0 unspecified atom stereocenters. The van der Waals surface area contributed by atoms with E-state index in [2.05, 4.69) is 25.7 Å². The van der Waals surface area contributed by atoms with Gasteiger partial charge in [-0.25, -0.2) is 0 Å². The lowest BCUT2D eigenvalue weighted by atomic mass is 9.75. The van der Waals surface area contributed by atoms with Crippen molar-refractivity contribution in [2.24, 2.45) is 11.3 Å². The summed E-state index contributed by atoms with van der Waals surface area (Å²) >= 11 is 6.16. The summed E-state index contributed by atoms with van der Waals surface area (Å²) in [6, 6.07) is 5.34. The molecule has 106 valence electrons. The zero-order valence-corrected chi connectivity index (χ0v) is 12.9. The molecule has 2 nitrogen and oxygen atoms in total. The molecule has 1 aromatic rings. The molecule has 0 saturated carbocycles. The van der Waals surface area contributed by atoms with Crippen LogP contribution in [0.1, 0.15) is 39.2 Å². The highest BCUT2D eigenvalue weighted by Gasteiger charge is 2.29. The van der Waals surface area contributed by atoms with Gasteiger partial charge < -0.3 is 5.11 Å². The minimum absolute atomic E-state index is 0.311. The second kappa shape index (κ2) is 5.72. The first kappa shape index (κ1) is 14.7. The molecule has 0 radical (unpaired) electrons. The van der Waals surface area contributed by atoms with Gasteiger partial charge in [0, 0.05) is 17.1 Å². The average molecular weight is 282 g/mol. The number of rotatable bonds is 2. The molecule has 1 aromatic carbocycles. The Kier molecular flexibility index (Phi) is 4.42. The van der Waals surface area contributed by atoms with Crippen LogP contribution >= 0.6 is 11.6 Å². The molecule has 1 N–H and O–H groups in total. The predicted octanol–water partition coefficient (Wildman–Crippen LogP) is 4.30. The standard InChI is InChI=1S/C16H24ClNO/c1-16(2,3)12-7-9-18(10-8-12)11-13-14(17)5-4-6-15(13)19/h4-6,12,19H,7-11H2,1-3H3. The summed E-state index contributed by atoms with van der Waals surface area (Å²) in [6.07, 6.45) is 2.46. The van der Waals surface area contributed by atoms with Crippen LogP contribution in [-0.2, 0) is 6.54 Å². The third-order valence-electron chi connectivity index (χ3n) is 4.29. The van der Waals surface area contributed by atoms with E-state index in [1.165, 1.54) is 12.8 Å². The Labute approximate surface area is 121 Å². The third kappa shape index (κ3) is 3.64. The lowest BCUT2D eigenvalue weighted by molar-refractivity contribution is 0.107. The monoisotopic (exact) mass is 281 g/mol. The molecular formula is C16H24ClNO. The smallest absolute Gasteiger partial charge is 0.121 e. The summed E-state index contributed by atoms with van der Waals surface area (Å²) in [5.74, 6) is 1.11. The van der Waals surface area contributed by atoms with Crippen molar-refractivity contribution in [3.05, 3.63) is 28.8 Å². The number of aromatic hydroxyl groups is 1. The normalized spacial score (nSPS) is 18.7. The number of hydrogen-bond acceptors (Lipinski definition) is 2. The van der Waals surface area contributed by atoms with Crippen LogP contribution in [-0.4, -0.2) is 23.1 Å². The van der Waals surface area contributed by atoms with Gasteiger partial charge in [-0.3, -0.25) is 4.90 Å². The minimum atomic E-state index is 0.311. The second-order valence-electron chi connectivity index (χ2n) is 6.65. The van der Waals surface area contributed by atoms with Gasteiger partial charge in [-0.05, 0) is 49.4 Å². The summed E-state index contributed by atoms with van der Waals surface area (Å²) in [7, 11) is 0. The highest BCUT2D eigenvalue weighted by molar-refractivity contribution is 6.31. The number of likely N-dealkylation sites (tertiary alicyclic amines) is 1. The number of halogens is 1. The number of phenols is 1. The zero-order valence-electron chi connectivity index (χ0n) is 12.1. The molecule has 1 aliphatic heterocycles. The van der Waals surface area contributed by atoms with Gasteiger partial charge in [-0.1, -0.05) is 38.4 Å². The van der Waals surface area contributed by atoms with Gasteiger partial charge in [0.25, 0.3) is 0 Å². The van der Waals surface area contributed by atoms with Gasteiger partial charge in [0.2, 0.25) is 0 Å². The van der Waals surface area contributed by atoms with Gasteiger partial charge in [0.05, 0.1) is 0 Å². The number of piperidine rings is 1. The Morgan fingerprint density at radius 2 is 1.89 bits per heavy atom. The molecular weight excluding hydrogens is 258 g/mol. The van der Waals surface area contributed by atoms with Crippen molar-refractivity contribution in [2.45, 2.75) is 40.2 Å². The number of hydrogen-bond donors (Lipinski definition) is 1. The van der Waals surface area contributed by atoms with Crippen LogP contribution in [0.4, 0.5) is 0 Å². The first-order valence-electron chi connectivity index (χ1n) is 7.06. The van der Waals surface area contributed by atoms with E-state index in [0.717, 1.165) is 31.1 Å². The molecule has 3 heteroatoms. The van der Waals surface area contributed by atoms with Crippen molar-refractivity contribution >= 4 is 11.6 Å². The summed E-state index contributed by atoms with van der Waals surface area (Å²) in [6.45, 7) is 9.91. The van der Waals surface area contributed by atoms with E-state index in [4.69, 9.17) is 11.6 Å². The van der Waals surface area contributed by atoms with E-state index < -0.39 is 0 Å². The van der Waals surface area contributed by atoms with Crippen LogP contribution in [0.5, 0.6) is 5.75 Å². The van der Waals surface area contributed by atoms with Gasteiger partial charge in [-0.2, -0.15) is 0 Å². The lowest BCUT2D eigenvalue weighted by Gasteiger charge is -2.38. The molecule has 1 fully saturated rings. The van der Waals surface area contributed by atoms with Gasteiger partial charge in [-0.15, -0.1) is 0 Å². The molecule has 0 bridgehead atoms. The quantitative estimate of drug-likeness (QED) is 0.873. The molecule has 1 heterocycles. The molecule has 1 saturated heterocycles. The fourth-order valence-electron chi connectivity index (χ4n) is 2.88. The Morgan fingerprint density at radius 1 is 1.26 bits per heavy atom. The summed E-state index contributed by atoms with van der Waals surface area (Å²) in [4.78, 5) is 2.39. The van der Waals surface area contributed by atoms with Crippen LogP contribution in [0.15, 0.2) is 18.2 Å². The topological polar surface area (TPSA) is 23.5 Å². The van der Waals surface area contributed by atoms with Crippen LogP contribution in [0, 0.1) is 11.3 Å². The second-order valence-corrected chi connectivity index (χ2v) is 7.06. The average Bonchev–Trinajstić information content (AvgIpc) is 2.33. The predicted molar refractivity (Wildman–Crippen MR) is 80.6 cm³/mol. The van der Waals surface area contributed by atoms with Gasteiger partial charge in [0.15, 0.2) is 0 Å². The van der Waals surface area contributed by atoms with E-state index in [9.17, 15) is 5.11 Å². The van der Waals surface area contributed by atoms with Crippen molar-refractivity contribution in [1.29, 1.82) is 0 Å². The molecule has 0 atom stereocenters. The molecule has 0 aliphatic carbocycles. The molecule has 0 aromatic heterocycles. The van der Waals surface area contributed by atoms with Crippen molar-refractivity contribution < 1.29 is 5.11 Å². The Bertz CT molecular complexity index is 411. The van der Waals surface area contributed by atoms with Gasteiger partial charge in [0.1, 0.15) is 5.75 Å². The molecule has 0 spiro atoms. The van der Waals surface area contributed by atoms with E-state index in [1.807, 2.05) is 6.07 Å². The molecule has 1 aliphatic rings. The fraction of sp³-hybridized carbons (Fsp3) is 0.625. The lowest BCUT2D eigenvalue weighted by Crippen LogP contribution is -2.37. The minimum Gasteiger partial charge on any atom is -0.508 e. The third-order valence-corrected chi connectivity index (χ3v) is 4.64. The number of phenolic OH excluding ortho intramolecular Hbond substituents is 1. The summed E-state index contributed by atoms with van der Waals surface area (Å²) < 4.78 is 0. The largest absolute Gasteiger partial charge is 0.508 e. The first-order chi connectivity index (χ1) is 8.88. The maximum Gasteiger partial charge on any atom is 0.121 e. The fourth-order valence-corrected chi connectivity index (χ4v) is 3.11. The van der Waals surface area contributed by atoms with Crippen LogP contribution < -0.4 is 0 Å². The van der Waals surface area contributed by atoms with E-state index in [0.29, 0.717) is 16.2 Å². The zero-order chi connectivity index (χ0) is 14.0. The SMILES string of the molecule is CC(C)(C)C1CCN(Cc2c(O)cccc2Cl)CC1. The number of nitrogens with zero attached hydrogens (tertiary/aromatic N) is 1. The summed E-state index contributed by atoms with van der Waals surface area (Å²) in [5.41, 5.74) is 1.26. The van der Waals surface area contributed by atoms with E-state index in [-0.39, 0.29) is 0 Å². The highest BCUT2D eigenvalue weighted by Crippen LogP contribution is 2.35. The van der Waals surface area contributed by atoms with Crippen LogP contribution in [0.25, 0.3) is 0 Å². The van der Waals surface area contributed by atoms with E-state index >= 15 is 0 Å². The van der Waals surface area contributed by atoms with Crippen molar-refractivity contribution in [3.63, 3.8) is 0 Å². The molecule has 0 amide bonds. The van der Waals surface area contributed by atoms with Crippen molar-refractivity contribution in [2.75, 3.05) is 13.1 Å². The van der Waals surface area contributed by atoms with Crippen LogP contribution in [0.2, 0.25) is 5.02 Å². The maximum atomic E-state index is 9.89. The van der Waals surface area contributed by atoms with Gasteiger partial charge >= 0.3 is 0 Å². The molecule has 2 rings (SSSR count). The van der Waals surface area contributed by atoms with Crippen molar-refractivity contribution in [3.8, 4) is 5.75 Å². The Morgan fingerprint density at radius 3 is 2.42 bits per heavy atom. The highest BCUT2D eigenvalue weighted by atomic mass is 35.5. The Hall–Kier alpha value is -0.730. The van der Waals surface area contributed by atoms with Crippen LogP contribution in [0.3, 0.4) is 0 Å². The first-order valence-corrected chi connectivity index (χ1v) is 7.44. The maximum absolute atomic E-state index is 9.89. The van der Waals surface area contributed by atoms with E-state index in [1.54, 1.807) is 12.1 Å². The summed E-state index contributed by atoms with van der Waals surface area (Å²) in [5, 5.41) is 10.6.